The molecule has 0 bridgehead atoms. The van der Waals surface area contributed by atoms with Crippen LogP contribution in [0, 0.1) is 41.5 Å². The molecule has 0 aliphatic heterocycles. The zero-order valence-electron chi connectivity index (χ0n) is 17.4. The van der Waals surface area contributed by atoms with Gasteiger partial charge in [0.2, 0.25) is 0 Å². The van der Waals surface area contributed by atoms with Crippen molar-refractivity contribution in [1.82, 2.24) is 0 Å². The minimum atomic E-state index is -0.378. The maximum absolute atomic E-state index is 12.5. The SMILES string of the molecule is Cc1ccc(O)c(NC(=O)c2ccc(Cc3c(C)c(C)c(C)c(C)c3C)o2)c1. The third-order valence-electron chi connectivity index (χ3n) is 5.79. The third kappa shape index (κ3) is 3.68. The van der Waals surface area contributed by atoms with Gasteiger partial charge in [0.25, 0.3) is 5.91 Å². The summed E-state index contributed by atoms with van der Waals surface area (Å²) < 4.78 is 5.82. The summed E-state index contributed by atoms with van der Waals surface area (Å²) in [7, 11) is 0. The molecule has 3 rings (SSSR count). The Morgan fingerprint density at radius 2 is 1.50 bits per heavy atom. The molecule has 1 aromatic heterocycles. The summed E-state index contributed by atoms with van der Waals surface area (Å²) in [5.74, 6) is 0.624. The molecule has 0 unspecified atom stereocenters. The van der Waals surface area contributed by atoms with Crippen molar-refractivity contribution < 1.29 is 14.3 Å². The Morgan fingerprint density at radius 1 is 0.893 bits per heavy atom. The molecule has 0 saturated heterocycles. The molecular weight excluding hydrogens is 350 g/mol. The van der Waals surface area contributed by atoms with Gasteiger partial charge < -0.3 is 14.8 Å². The van der Waals surface area contributed by atoms with Gasteiger partial charge in [0.15, 0.2) is 5.76 Å². The van der Waals surface area contributed by atoms with Crippen LogP contribution in [0.4, 0.5) is 5.69 Å². The number of furan rings is 1. The molecule has 2 aromatic carbocycles. The van der Waals surface area contributed by atoms with Gasteiger partial charge in [-0.05, 0) is 105 Å². The average Bonchev–Trinajstić information content (AvgIpc) is 3.14. The van der Waals surface area contributed by atoms with E-state index < -0.39 is 0 Å². The Kier molecular flexibility index (Phi) is 5.32. The van der Waals surface area contributed by atoms with Crippen LogP contribution in [0.25, 0.3) is 0 Å². The van der Waals surface area contributed by atoms with Crippen LogP contribution in [0.2, 0.25) is 0 Å². The molecular formula is C24H27NO3. The van der Waals surface area contributed by atoms with Crippen LogP contribution in [-0.4, -0.2) is 11.0 Å². The van der Waals surface area contributed by atoms with Gasteiger partial charge in [-0.15, -0.1) is 0 Å². The first-order chi connectivity index (χ1) is 13.2. The van der Waals surface area contributed by atoms with Crippen molar-refractivity contribution in [3.63, 3.8) is 0 Å². The highest BCUT2D eigenvalue weighted by molar-refractivity contribution is 6.03. The van der Waals surface area contributed by atoms with Crippen molar-refractivity contribution in [3.8, 4) is 5.75 Å². The summed E-state index contributed by atoms with van der Waals surface area (Å²) >= 11 is 0. The predicted molar refractivity (Wildman–Crippen MR) is 112 cm³/mol. The van der Waals surface area contributed by atoms with Gasteiger partial charge in [0.1, 0.15) is 11.5 Å². The van der Waals surface area contributed by atoms with Crippen LogP contribution in [-0.2, 0) is 6.42 Å². The first-order valence-corrected chi connectivity index (χ1v) is 9.44. The van der Waals surface area contributed by atoms with Crippen LogP contribution < -0.4 is 5.32 Å². The lowest BCUT2D eigenvalue weighted by Gasteiger charge is -2.18. The van der Waals surface area contributed by atoms with E-state index >= 15 is 0 Å². The quantitative estimate of drug-likeness (QED) is 0.575. The van der Waals surface area contributed by atoms with E-state index in [1.807, 2.05) is 13.0 Å². The number of carbonyl (C=O) groups is 1. The molecule has 2 N–H and O–H groups in total. The molecule has 4 nitrogen and oxygen atoms in total. The van der Waals surface area contributed by atoms with Crippen molar-refractivity contribution in [2.24, 2.45) is 0 Å². The second-order valence-electron chi connectivity index (χ2n) is 7.52. The van der Waals surface area contributed by atoms with Crippen molar-refractivity contribution in [2.45, 2.75) is 48.0 Å². The largest absolute Gasteiger partial charge is 0.506 e. The van der Waals surface area contributed by atoms with Gasteiger partial charge >= 0.3 is 0 Å². The standard InChI is InChI=1S/C24H27NO3/c1-13-7-9-22(26)21(11-13)25-24(27)23-10-8-19(28-23)12-20-17(5)15(3)14(2)16(4)18(20)6/h7-11,26H,12H2,1-6H3,(H,25,27). The number of phenols is 1. The fourth-order valence-corrected chi connectivity index (χ4v) is 3.55. The molecule has 1 heterocycles. The van der Waals surface area contributed by atoms with Crippen molar-refractivity contribution in [2.75, 3.05) is 5.32 Å². The highest BCUT2D eigenvalue weighted by atomic mass is 16.3. The fourth-order valence-electron chi connectivity index (χ4n) is 3.55. The second-order valence-corrected chi connectivity index (χ2v) is 7.52. The lowest BCUT2D eigenvalue weighted by molar-refractivity contribution is 0.0994. The molecule has 1 amide bonds. The molecule has 28 heavy (non-hydrogen) atoms. The molecule has 0 spiro atoms. The molecule has 0 radical (unpaired) electrons. The molecule has 0 aliphatic rings. The van der Waals surface area contributed by atoms with E-state index in [-0.39, 0.29) is 17.4 Å². The van der Waals surface area contributed by atoms with Crippen LogP contribution >= 0.6 is 0 Å². The summed E-state index contributed by atoms with van der Waals surface area (Å²) in [6.45, 7) is 12.6. The van der Waals surface area contributed by atoms with E-state index in [0.29, 0.717) is 12.1 Å². The molecule has 0 aliphatic carbocycles. The molecule has 0 fully saturated rings. The molecule has 0 saturated carbocycles. The number of nitrogens with one attached hydrogen (secondary N) is 1. The van der Waals surface area contributed by atoms with E-state index in [1.54, 1.807) is 24.3 Å². The smallest absolute Gasteiger partial charge is 0.291 e. The van der Waals surface area contributed by atoms with Crippen LogP contribution in [0.5, 0.6) is 5.75 Å². The molecule has 4 heteroatoms. The Bertz CT molecular complexity index is 1030. The van der Waals surface area contributed by atoms with Gasteiger partial charge in [-0.25, -0.2) is 0 Å². The Balaban J connectivity index is 1.83. The second kappa shape index (κ2) is 7.55. The lowest BCUT2D eigenvalue weighted by Crippen LogP contribution is -2.11. The van der Waals surface area contributed by atoms with Gasteiger partial charge in [0, 0.05) is 6.42 Å². The van der Waals surface area contributed by atoms with E-state index in [1.165, 1.54) is 33.4 Å². The van der Waals surface area contributed by atoms with Crippen LogP contribution in [0.15, 0.2) is 34.7 Å². The van der Waals surface area contributed by atoms with Gasteiger partial charge in [-0.2, -0.15) is 0 Å². The van der Waals surface area contributed by atoms with Gasteiger partial charge in [-0.1, -0.05) is 6.07 Å². The van der Waals surface area contributed by atoms with Crippen molar-refractivity contribution in [3.05, 3.63) is 80.8 Å². The molecule has 146 valence electrons. The predicted octanol–water partition coefficient (Wildman–Crippen LogP) is 5.68. The summed E-state index contributed by atoms with van der Waals surface area (Å²) in [4.78, 5) is 12.5. The highest BCUT2D eigenvalue weighted by Crippen LogP contribution is 2.29. The van der Waals surface area contributed by atoms with Gasteiger partial charge in [0.05, 0.1) is 5.69 Å². The van der Waals surface area contributed by atoms with E-state index in [2.05, 4.69) is 39.9 Å². The summed E-state index contributed by atoms with van der Waals surface area (Å²) in [6, 6.07) is 8.59. The number of aromatic hydroxyl groups is 1. The first kappa shape index (κ1) is 19.7. The maximum Gasteiger partial charge on any atom is 0.291 e. The van der Waals surface area contributed by atoms with E-state index in [9.17, 15) is 9.90 Å². The number of benzene rings is 2. The Hall–Kier alpha value is -3.01. The molecule has 0 atom stereocenters. The number of rotatable bonds is 4. The highest BCUT2D eigenvalue weighted by Gasteiger charge is 2.17. The average molecular weight is 377 g/mol. The first-order valence-electron chi connectivity index (χ1n) is 9.44. The van der Waals surface area contributed by atoms with Crippen LogP contribution in [0.1, 0.15) is 55.3 Å². The monoisotopic (exact) mass is 377 g/mol. The van der Waals surface area contributed by atoms with E-state index in [4.69, 9.17) is 4.42 Å². The topological polar surface area (TPSA) is 62.5 Å². The number of anilines is 1. The number of hydrogen-bond donors (Lipinski definition) is 2. The minimum absolute atomic E-state index is 0.0302. The fraction of sp³-hybridized carbons (Fsp3) is 0.292. The number of amides is 1. The zero-order chi connectivity index (χ0) is 20.6. The zero-order valence-corrected chi connectivity index (χ0v) is 17.4. The number of aryl methyl sites for hydroxylation is 1. The Morgan fingerprint density at radius 3 is 2.14 bits per heavy atom. The van der Waals surface area contributed by atoms with E-state index in [0.717, 1.165) is 11.3 Å². The lowest BCUT2D eigenvalue weighted by atomic mass is 9.88. The summed E-state index contributed by atoms with van der Waals surface area (Å²) in [5, 5.41) is 12.6. The van der Waals surface area contributed by atoms with Crippen LogP contribution in [0.3, 0.4) is 0 Å². The number of hydrogen-bond acceptors (Lipinski definition) is 3. The molecule has 3 aromatic rings. The Labute approximate surface area is 166 Å². The summed E-state index contributed by atoms with van der Waals surface area (Å²) in [5.41, 5.74) is 9.05. The number of phenolic OH excluding ortho intramolecular Hbond substituents is 1. The maximum atomic E-state index is 12.5. The van der Waals surface area contributed by atoms with Crippen molar-refractivity contribution >= 4 is 11.6 Å². The normalized spacial score (nSPS) is 10.9. The minimum Gasteiger partial charge on any atom is -0.506 e. The third-order valence-corrected chi connectivity index (χ3v) is 5.79. The number of carbonyl (C=O) groups excluding carboxylic acids is 1. The summed E-state index contributed by atoms with van der Waals surface area (Å²) in [6.07, 6.45) is 0.641. The van der Waals surface area contributed by atoms with Gasteiger partial charge in [-0.3, -0.25) is 4.79 Å². The van der Waals surface area contributed by atoms with Crippen molar-refractivity contribution in [1.29, 1.82) is 0 Å².